The van der Waals surface area contributed by atoms with Crippen LogP contribution in [-0.2, 0) is 9.53 Å². The Morgan fingerprint density at radius 2 is 2.11 bits per heavy atom. The van der Waals surface area contributed by atoms with Gasteiger partial charge in [-0.2, -0.15) is 0 Å². The van der Waals surface area contributed by atoms with Crippen molar-refractivity contribution in [3.8, 4) is 0 Å². The van der Waals surface area contributed by atoms with Gasteiger partial charge < -0.3 is 21.0 Å². The molecule has 3 aliphatic rings. The first kappa shape index (κ1) is 12.7. The van der Waals surface area contributed by atoms with Crippen molar-refractivity contribution < 1.29 is 14.7 Å². The van der Waals surface area contributed by atoms with E-state index in [9.17, 15) is 4.79 Å². The van der Waals surface area contributed by atoms with Crippen LogP contribution in [0.15, 0.2) is 5.16 Å². The summed E-state index contributed by atoms with van der Waals surface area (Å²) in [5.41, 5.74) is 4.96. The van der Waals surface area contributed by atoms with Crippen LogP contribution >= 0.6 is 0 Å². The number of hydrogen-bond donors (Lipinski definition) is 3. The van der Waals surface area contributed by atoms with Crippen molar-refractivity contribution in [2.45, 2.75) is 63.2 Å². The van der Waals surface area contributed by atoms with Crippen LogP contribution in [0.5, 0.6) is 0 Å². The molecular weight excluding hydrogens is 246 g/mol. The second-order valence-electron chi connectivity index (χ2n) is 5.96. The summed E-state index contributed by atoms with van der Waals surface area (Å²) in [6.07, 6.45) is 6.68. The Kier molecular flexibility index (Phi) is 3.12. The number of amides is 1. The van der Waals surface area contributed by atoms with Gasteiger partial charge in [0.25, 0.3) is 0 Å². The molecule has 0 aromatic heterocycles. The van der Waals surface area contributed by atoms with Gasteiger partial charge in [-0.15, -0.1) is 0 Å². The first-order valence-corrected chi connectivity index (χ1v) is 7.10. The van der Waals surface area contributed by atoms with E-state index >= 15 is 0 Å². The average Bonchev–Trinajstić information content (AvgIpc) is 3.13. The summed E-state index contributed by atoms with van der Waals surface area (Å²) in [5, 5.41) is 15.1. The quantitative estimate of drug-likeness (QED) is 0.304. The minimum Gasteiger partial charge on any atom is -0.409 e. The molecule has 106 valence electrons. The molecular formula is C13H21N3O3. The maximum absolute atomic E-state index is 12.6. The highest BCUT2D eigenvalue weighted by atomic mass is 16.5. The minimum absolute atomic E-state index is 0.0478. The third kappa shape index (κ3) is 1.98. The summed E-state index contributed by atoms with van der Waals surface area (Å²) in [5.74, 6) is -0.0481. The maximum Gasteiger partial charge on any atom is 0.234 e. The standard InChI is InChI=1S/C13H21N3O3/c14-11(16-18)13(5-1-2-6-13)12(17)15-9-7-8-3-4-10(9)19-8/h8-10,18H,1-7H2,(H2,14,16)(H,15,17). The smallest absolute Gasteiger partial charge is 0.234 e. The normalized spacial score (nSPS) is 36.6. The van der Waals surface area contributed by atoms with Crippen LogP contribution in [-0.4, -0.2) is 35.2 Å². The van der Waals surface area contributed by atoms with Gasteiger partial charge in [0.05, 0.1) is 18.2 Å². The largest absolute Gasteiger partial charge is 0.409 e. The Morgan fingerprint density at radius 3 is 2.63 bits per heavy atom. The second-order valence-corrected chi connectivity index (χ2v) is 5.96. The number of ether oxygens (including phenoxy) is 1. The van der Waals surface area contributed by atoms with E-state index in [-0.39, 0.29) is 23.9 Å². The molecule has 1 saturated carbocycles. The van der Waals surface area contributed by atoms with E-state index in [1.165, 1.54) is 0 Å². The molecule has 3 unspecified atom stereocenters. The second kappa shape index (κ2) is 4.67. The molecule has 2 saturated heterocycles. The average molecular weight is 267 g/mol. The van der Waals surface area contributed by atoms with Crippen molar-refractivity contribution in [3.05, 3.63) is 0 Å². The number of fused-ring (bicyclic) bond motifs is 2. The highest BCUT2D eigenvalue weighted by Crippen LogP contribution is 2.40. The van der Waals surface area contributed by atoms with Crippen LogP contribution in [0.3, 0.4) is 0 Å². The molecule has 1 aliphatic carbocycles. The summed E-state index contributed by atoms with van der Waals surface area (Å²) in [4.78, 5) is 12.6. The van der Waals surface area contributed by atoms with E-state index in [0.717, 1.165) is 32.1 Å². The third-order valence-electron chi connectivity index (χ3n) is 4.91. The van der Waals surface area contributed by atoms with Gasteiger partial charge in [0.2, 0.25) is 5.91 Å². The van der Waals surface area contributed by atoms with Crippen LogP contribution in [0, 0.1) is 5.41 Å². The van der Waals surface area contributed by atoms with Gasteiger partial charge in [-0.1, -0.05) is 18.0 Å². The number of nitrogens with two attached hydrogens (primary N) is 1. The van der Waals surface area contributed by atoms with Gasteiger partial charge in [0, 0.05) is 0 Å². The Balaban J connectivity index is 1.71. The molecule has 1 amide bonds. The molecule has 4 N–H and O–H groups in total. The van der Waals surface area contributed by atoms with E-state index < -0.39 is 5.41 Å². The zero-order chi connectivity index (χ0) is 13.5. The van der Waals surface area contributed by atoms with E-state index in [0.29, 0.717) is 18.9 Å². The first-order valence-electron chi connectivity index (χ1n) is 7.10. The van der Waals surface area contributed by atoms with Gasteiger partial charge in [-0.3, -0.25) is 4.79 Å². The SMILES string of the molecule is NC(=NO)C1(C(=O)NC2CC3CCC2O3)CCCC1. The van der Waals surface area contributed by atoms with Crippen molar-refractivity contribution in [2.75, 3.05) is 0 Å². The highest BCUT2D eigenvalue weighted by molar-refractivity contribution is 6.07. The van der Waals surface area contributed by atoms with Crippen LogP contribution in [0.4, 0.5) is 0 Å². The third-order valence-corrected chi connectivity index (χ3v) is 4.91. The number of nitrogens with zero attached hydrogens (tertiary/aromatic N) is 1. The summed E-state index contributed by atoms with van der Waals surface area (Å²) in [6.45, 7) is 0. The molecule has 3 atom stereocenters. The summed E-state index contributed by atoms with van der Waals surface area (Å²) >= 11 is 0. The number of carbonyl (C=O) groups is 1. The fourth-order valence-corrected chi connectivity index (χ4v) is 3.77. The molecule has 2 aliphatic heterocycles. The summed E-state index contributed by atoms with van der Waals surface area (Å²) in [6, 6.07) is 0.0928. The molecule has 3 rings (SSSR count). The van der Waals surface area contributed by atoms with Gasteiger partial charge in [-0.25, -0.2) is 0 Å². The molecule has 6 nitrogen and oxygen atoms in total. The monoisotopic (exact) mass is 267 g/mol. The van der Waals surface area contributed by atoms with Gasteiger partial charge in [-0.05, 0) is 32.1 Å². The van der Waals surface area contributed by atoms with E-state index in [1.54, 1.807) is 0 Å². The zero-order valence-corrected chi connectivity index (χ0v) is 11.0. The summed E-state index contributed by atoms with van der Waals surface area (Å²) in [7, 11) is 0. The van der Waals surface area contributed by atoms with Crippen molar-refractivity contribution in [1.29, 1.82) is 0 Å². The van der Waals surface area contributed by atoms with Crippen LogP contribution in [0.2, 0.25) is 0 Å². The number of nitrogens with one attached hydrogen (secondary N) is 1. The van der Waals surface area contributed by atoms with Crippen molar-refractivity contribution in [2.24, 2.45) is 16.3 Å². The molecule has 0 aromatic carbocycles. The fourth-order valence-electron chi connectivity index (χ4n) is 3.77. The van der Waals surface area contributed by atoms with Crippen molar-refractivity contribution in [3.63, 3.8) is 0 Å². The first-order chi connectivity index (χ1) is 9.15. The fraction of sp³-hybridized carbons (Fsp3) is 0.846. The molecule has 0 aromatic rings. The Morgan fingerprint density at radius 1 is 1.37 bits per heavy atom. The molecule has 19 heavy (non-hydrogen) atoms. The number of oxime groups is 1. The molecule has 0 radical (unpaired) electrons. The molecule has 3 fully saturated rings. The van der Waals surface area contributed by atoms with Crippen LogP contribution in [0.25, 0.3) is 0 Å². The Hall–Kier alpha value is -1.30. The van der Waals surface area contributed by atoms with Crippen LogP contribution in [0.1, 0.15) is 44.9 Å². The van der Waals surface area contributed by atoms with E-state index in [4.69, 9.17) is 15.7 Å². The summed E-state index contributed by atoms with van der Waals surface area (Å²) < 4.78 is 5.74. The number of rotatable bonds is 3. The molecule has 0 spiro atoms. The Bertz CT molecular complexity index is 404. The topological polar surface area (TPSA) is 96.9 Å². The number of amidine groups is 1. The van der Waals surface area contributed by atoms with Gasteiger partial charge in [0.15, 0.2) is 5.84 Å². The number of hydrogen-bond acceptors (Lipinski definition) is 4. The van der Waals surface area contributed by atoms with Gasteiger partial charge in [0.1, 0.15) is 5.41 Å². The lowest BCUT2D eigenvalue weighted by atomic mass is 9.83. The maximum atomic E-state index is 12.6. The zero-order valence-electron chi connectivity index (χ0n) is 11.0. The Labute approximate surface area is 112 Å². The predicted molar refractivity (Wildman–Crippen MR) is 68.8 cm³/mol. The number of carbonyl (C=O) groups excluding carboxylic acids is 1. The lowest BCUT2D eigenvalue weighted by Gasteiger charge is -2.29. The molecule has 2 bridgehead atoms. The van der Waals surface area contributed by atoms with Crippen molar-refractivity contribution in [1.82, 2.24) is 5.32 Å². The minimum atomic E-state index is -0.809. The van der Waals surface area contributed by atoms with Gasteiger partial charge >= 0.3 is 0 Å². The highest BCUT2D eigenvalue weighted by Gasteiger charge is 2.48. The van der Waals surface area contributed by atoms with E-state index in [1.807, 2.05) is 0 Å². The molecule has 6 heteroatoms. The van der Waals surface area contributed by atoms with Crippen molar-refractivity contribution >= 4 is 11.7 Å². The lowest BCUT2D eigenvalue weighted by Crippen LogP contribution is -2.53. The molecule has 2 heterocycles. The van der Waals surface area contributed by atoms with E-state index in [2.05, 4.69) is 10.5 Å². The van der Waals surface area contributed by atoms with Crippen LogP contribution < -0.4 is 11.1 Å². The predicted octanol–water partition coefficient (Wildman–Crippen LogP) is 0.729. The lowest BCUT2D eigenvalue weighted by molar-refractivity contribution is -0.128.